The van der Waals surface area contributed by atoms with E-state index in [2.05, 4.69) is 15.4 Å². The molecule has 0 unspecified atom stereocenters. The highest BCUT2D eigenvalue weighted by atomic mass is 19.1. The van der Waals surface area contributed by atoms with Gasteiger partial charge in [0.15, 0.2) is 5.76 Å². The van der Waals surface area contributed by atoms with Crippen LogP contribution in [-0.4, -0.2) is 20.7 Å². The van der Waals surface area contributed by atoms with Crippen LogP contribution in [0, 0.1) is 11.6 Å². The van der Waals surface area contributed by atoms with Crippen molar-refractivity contribution in [1.29, 1.82) is 0 Å². The van der Waals surface area contributed by atoms with Gasteiger partial charge >= 0.3 is 0 Å². The van der Waals surface area contributed by atoms with E-state index in [1.807, 2.05) is 0 Å². The Kier molecular flexibility index (Phi) is 5.51. The van der Waals surface area contributed by atoms with Crippen molar-refractivity contribution in [3.8, 4) is 5.75 Å². The molecule has 2 aromatic carbocycles. The average Bonchev–Trinajstić information content (AvgIpc) is 3.39. The first-order valence-corrected chi connectivity index (χ1v) is 8.98. The third-order valence-corrected chi connectivity index (χ3v) is 4.13. The fourth-order valence-electron chi connectivity index (χ4n) is 2.66. The van der Waals surface area contributed by atoms with E-state index in [0.29, 0.717) is 17.1 Å². The van der Waals surface area contributed by atoms with Crippen molar-refractivity contribution in [1.82, 2.24) is 14.8 Å². The van der Waals surface area contributed by atoms with Gasteiger partial charge in [0.1, 0.15) is 36.1 Å². The standard InChI is InChI=1S/C21H16F2N4O3/c22-15-5-7-16(8-6-15)29-12-17-9-10-19(30-17)20(28)25-21-24-13-27(26-21)11-14-3-1-2-4-18(14)23/h1-10,13H,11-12H2,(H,25,26,28). The maximum Gasteiger partial charge on any atom is 0.293 e. The van der Waals surface area contributed by atoms with Crippen LogP contribution >= 0.6 is 0 Å². The summed E-state index contributed by atoms with van der Waals surface area (Å²) in [5.41, 5.74) is 0.456. The molecule has 0 fully saturated rings. The van der Waals surface area contributed by atoms with Crippen LogP contribution in [0.2, 0.25) is 0 Å². The number of anilines is 1. The van der Waals surface area contributed by atoms with Gasteiger partial charge in [0.25, 0.3) is 5.91 Å². The Morgan fingerprint density at radius 2 is 1.87 bits per heavy atom. The number of halogens is 2. The molecule has 1 amide bonds. The first kappa shape index (κ1) is 19.3. The molecule has 0 atom stereocenters. The number of nitrogens with one attached hydrogen (secondary N) is 1. The number of amides is 1. The number of furan rings is 1. The van der Waals surface area contributed by atoms with Crippen LogP contribution in [0.15, 0.2) is 71.4 Å². The van der Waals surface area contributed by atoms with Gasteiger partial charge in [-0.3, -0.25) is 10.1 Å². The minimum absolute atomic E-state index is 0.0539. The quantitative estimate of drug-likeness (QED) is 0.498. The van der Waals surface area contributed by atoms with Gasteiger partial charge in [-0.2, -0.15) is 0 Å². The summed E-state index contributed by atoms with van der Waals surface area (Å²) in [5, 5.41) is 6.63. The zero-order valence-electron chi connectivity index (χ0n) is 15.6. The van der Waals surface area contributed by atoms with E-state index in [9.17, 15) is 13.6 Å². The number of aromatic nitrogens is 3. The highest BCUT2D eigenvalue weighted by Crippen LogP contribution is 2.16. The van der Waals surface area contributed by atoms with E-state index < -0.39 is 5.91 Å². The molecule has 2 heterocycles. The summed E-state index contributed by atoms with van der Waals surface area (Å²) < 4.78 is 39.0. The molecule has 0 aliphatic carbocycles. The van der Waals surface area contributed by atoms with Crippen molar-refractivity contribution >= 4 is 11.9 Å². The Labute approximate surface area is 169 Å². The molecule has 1 N–H and O–H groups in total. The Bertz CT molecular complexity index is 1160. The molecule has 7 nitrogen and oxygen atoms in total. The SMILES string of the molecule is O=C(Nc1ncn(Cc2ccccc2F)n1)c1ccc(COc2ccc(F)cc2)o1. The molecule has 0 saturated heterocycles. The summed E-state index contributed by atoms with van der Waals surface area (Å²) in [7, 11) is 0. The number of carbonyl (C=O) groups excluding carboxylic acids is 1. The lowest BCUT2D eigenvalue weighted by Crippen LogP contribution is -2.12. The lowest BCUT2D eigenvalue weighted by Gasteiger charge is -2.03. The predicted molar refractivity (Wildman–Crippen MR) is 103 cm³/mol. The molecular formula is C21H16F2N4O3. The number of hydrogen-bond donors (Lipinski definition) is 1. The number of rotatable bonds is 7. The molecule has 9 heteroatoms. The molecule has 0 aliphatic rings. The van der Waals surface area contributed by atoms with Crippen molar-refractivity contribution in [3.63, 3.8) is 0 Å². The van der Waals surface area contributed by atoms with Gasteiger partial charge in [-0.1, -0.05) is 18.2 Å². The number of ether oxygens (including phenoxy) is 1. The van der Waals surface area contributed by atoms with E-state index in [0.717, 1.165) is 0 Å². The summed E-state index contributed by atoms with van der Waals surface area (Å²) >= 11 is 0. The largest absolute Gasteiger partial charge is 0.486 e. The first-order chi connectivity index (χ1) is 14.6. The Balaban J connectivity index is 1.34. The molecular weight excluding hydrogens is 394 g/mol. The molecule has 0 spiro atoms. The first-order valence-electron chi connectivity index (χ1n) is 8.98. The Morgan fingerprint density at radius 1 is 1.07 bits per heavy atom. The van der Waals surface area contributed by atoms with E-state index in [1.165, 1.54) is 47.4 Å². The summed E-state index contributed by atoms with van der Waals surface area (Å²) in [6.45, 7) is 0.260. The second-order valence-electron chi connectivity index (χ2n) is 6.32. The van der Waals surface area contributed by atoms with E-state index in [4.69, 9.17) is 9.15 Å². The van der Waals surface area contributed by atoms with Crippen molar-refractivity contribution in [2.75, 3.05) is 5.32 Å². The fourth-order valence-corrected chi connectivity index (χ4v) is 2.66. The van der Waals surface area contributed by atoms with Gasteiger partial charge in [-0.25, -0.2) is 18.4 Å². The summed E-state index contributed by atoms with van der Waals surface area (Å²) in [6.07, 6.45) is 1.39. The van der Waals surface area contributed by atoms with Gasteiger partial charge in [-0.05, 0) is 42.5 Å². The fraction of sp³-hybridized carbons (Fsp3) is 0.0952. The molecule has 2 aromatic heterocycles. The van der Waals surface area contributed by atoms with Crippen molar-refractivity contribution in [3.05, 3.63) is 95.7 Å². The lowest BCUT2D eigenvalue weighted by molar-refractivity contribution is 0.0991. The van der Waals surface area contributed by atoms with Crippen LogP contribution in [0.25, 0.3) is 0 Å². The average molecular weight is 410 g/mol. The van der Waals surface area contributed by atoms with Crippen LogP contribution in [-0.2, 0) is 13.2 Å². The van der Waals surface area contributed by atoms with Crippen molar-refractivity contribution < 1.29 is 22.7 Å². The molecule has 0 bridgehead atoms. The molecule has 0 saturated carbocycles. The normalized spacial score (nSPS) is 10.7. The van der Waals surface area contributed by atoms with Crippen molar-refractivity contribution in [2.45, 2.75) is 13.2 Å². The minimum atomic E-state index is -0.535. The Hall–Kier alpha value is -4.01. The smallest absolute Gasteiger partial charge is 0.293 e. The topological polar surface area (TPSA) is 82.2 Å². The third-order valence-electron chi connectivity index (χ3n) is 4.13. The second kappa shape index (κ2) is 8.56. The zero-order chi connectivity index (χ0) is 20.9. The maximum atomic E-state index is 13.7. The molecule has 0 radical (unpaired) electrons. The number of nitrogens with zero attached hydrogens (tertiary/aromatic N) is 3. The summed E-state index contributed by atoms with van der Waals surface area (Å²) in [5.74, 6) is -0.221. The third kappa shape index (κ3) is 4.69. The van der Waals surface area contributed by atoms with Crippen LogP contribution in [0.4, 0.5) is 14.7 Å². The maximum absolute atomic E-state index is 13.7. The molecule has 152 valence electrons. The summed E-state index contributed by atoms with van der Waals surface area (Å²) in [6, 6.07) is 15.0. The number of carbonyl (C=O) groups is 1. The molecule has 4 rings (SSSR count). The van der Waals surface area contributed by atoms with E-state index >= 15 is 0 Å². The van der Waals surface area contributed by atoms with Gasteiger partial charge in [0.05, 0.1) is 6.54 Å². The van der Waals surface area contributed by atoms with E-state index in [-0.39, 0.29) is 36.5 Å². The van der Waals surface area contributed by atoms with E-state index in [1.54, 1.807) is 24.3 Å². The minimum Gasteiger partial charge on any atom is -0.486 e. The molecule has 30 heavy (non-hydrogen) atoms. The van der Waals surface area contributed by atoms with Gasteiger partial charge in [0.2, 0.25) is 5.95 Å². The zero-order valence-corrected chi connectivity index (χ0v) is 15.6. The van der Waals surface area contributed by atoms with Crippen LogP contribution in [0.5, 0.6) is 5.75 Å². The van der Waals surface area contributed by atoms with Gasteiger partial charge < -0.3 is 9.15 Å². The number of benzene rings is 2. The van der Waals surface area contributed by atoms with Gasteiger partial charge in [-0.15, -0.1) is 5.10 Å². The highest BCUT2D eigenvalue weighted by molar-refractivity contribution is 6.01. The lowest BCUT2D eigenvalue weighted by atomic mass is 10.2. The monoisotopic (exact) mass is 410 g/mol. The van der Waals surface area contributed by atoms with Crippen LogP contribution < -0.4 is 10.1 Å². The Morgan fingerprint density at radius 3 is 2.67 bits per heavy atom. The number of hydrogen-bond acceptors (Lipinski definition) is 5. The molecule has 4 aromatic rings. The van der Waals surface area contributed by atoms with Crippen LogP contribution in [0.1, 0.15) is 21.9 Å². The highest BCUT2D eigenvalue weighted by Gasteiger charge is 2.14. The van der Waals surface area contributed by atoms with Gasteiger partial charge in [0, 0.05) is 5.56 Å². The second-order valence-corrected chi connectivity index (χ2v) is 6.32. The predicted octanol–water partition coefficient (Wildman–Crippen LogP) is 4.03. The molecule has 0 aliphatic heterocycles. The summed E-state index contributed by atoms with van der Waals surface area (Å²) in [4.78, 5) is 16.3. The van der Waals surface area contributed by atoms with Crippen molar-refractivity contribution in [2.24, 2.45) is 0 Å². The van der Waals surface area contributed by atoms with Crippen LogP contribution in [0.3, 0.4) is 0 Å².